The Bertz CT molecular complexity index is 1320. The summed E-state index contributed by atoms with van der Waals surface area (Å²) < 4.78 is 44.4. The van der Waals surface area contributed by atoms with E-state index in [4.69, 9.17) is 23.2 Å². The molecule has 1 atom stereocenters. The molecule has 3 saturated carbocycles. The monoisotopic (exact) mass is 599 g/mol. The summed E-state index contributed by atoms with van der Waals surface area (Å²) >= 11 is 12.5. The van der Waals surface area contributed by atoms with Crippen molar-refractivity contribution in [2.24, 2.45) is 10.8 Å². The largest absolute Gasteiger partial charge is 0.481 e. The number of carboxylic acids is 1. The molecule has 1 aromatic heterocycles. The Balaban J connectivity index is 1.49. The number of amides is 1. The average Bonchev–Trinajstić information content (AvgIpc) is 3.28. The van der Waals surface area contributed by atoms with E-state index in [1.54, 1.807) is 13.0 Å². The van der Waals surface area contributed by atoms with E-state index < -0.39 is 53.1 Å². The number of aromatic nitrogens is 2. The lowest BCUT2D eigenvalue weighted by atomic mass is 9.52. The molecule has 1 N–H and O–H groups in total. The zero-order chi connectivity index (χ0) is 29.0. The van der Waals surface area contributed by atoms with Gasteiger partial charge in [0, 0.05) is 6.04 Å². The van der Waals surface area contributed by atoms with Crippen LogP contribution < -0.4 is 0 Å². The molecule has 12 heteroatoms. The van der Waals surface area contributed by atoms with Crippen molar-refractivity contribution in [1.29, 1.82) is 0 Å². The number of carboxylic acid groups (broad SMARTS) is 1. The minimum absolute atomic E-state index is 0.0287. The van der Waals surface area contributed by atoms with Gasteiger partial charge in [-0.1, -0.05) is 35.7 Å². The number of halogens is 5. The molecule has 1 aromatic carbocycles. The summed E-state index contributed by atoms with van der Waals surface area (Å²) in [5.74, 6) is -2.44. The first-order chi connectivity index (χ1) is 18.8. The van der Waals surface area contributed by atoms with Crippen LogP contribution in [0.3, 0.4) is 0 Å². The molecular weight excluding hydrogens is 570 g/mol. The molecule has 0 unspecified atom stereocenters. The third-order valence-electron chi connectivity index (χ3n) is 9.38. The van der Waals surface area contributed by atoms with E-state index in [0.717, 1.165) is 36.6 Å². The third-order valence-corrected chi connectivity index (χ3v) is 10.0. The Morgan fingerprint density at radius 2 is 1.70 bits per heavy atom. The molecule has 1 spiro atoms. The lowest BCUT2D eigenvalue weighted by Gasteiger charge is -2.59. The van der Waals surface area contributed by atoms with Gasteiger partial charge in [-0.3, -0.25) is 19.1 Å². The molecule has 0 bridgehead atoms. The van der Waals surface area contributed by atoms with Crippen LogP contribution in [0, 0.1) is 10.8 Å². The molecule has 3 aliphatic rings. The molecule has 3 aliphatic carbocycles. The second-order valence-corrected chi connectivity index (χ2v) is 12.5. The summed E-state index contributed by atoms with van der Waals surface area (Å²) in [6.07, 6.45) is 0.864. The van der Waals surface area contributed by atoms with Crippen LogP contribution in [0.1, 0.15) is 97.2 Å². The number of ketones is 1. The normalized spacial score (nSPS) is 25.6. The number of nitrogens with zero attached hydrogens (tertiary/aromatic N) is 3. The molecule has 40 heavy (non-hydrogen) atoms. The van der Waals surface area contributed by atoms with Gasteiger partial charge in [0.1, 0.15) is 0 Å². The third kappa shape index (κ3) is 4.91. The smallest absolute Gasteiger partial charge is 0.433 e. The van der Waals surface area contributed by atoms with Crippen LogP contribution in [-0.2, 0) is 11.0 Å². The summed E-state index contributed by atoms with van der Waals surface area (Å²) in [6.45, 7) is 1.13. The first kappa shape index (κ1) is 28.9. The van der Waals surface area contributed by atoms with Gasteiger partial charge in [0.05, 0.1) is 45.4 Å². The van der Waals surface area contributed by atoms with Crippen LogP contribution >= 0.6 is 23.2 Å². The predicted molar refractivity (Wildman–Crippen MR) is 142 cm³/mol. The minimum Gasteiger partial charge on any atom is -0.481 e. The van der Waals surface area contributed by atoms with E-state index in [0.29, 0.717) is 6.42 Å². The van der Waals surface area contributed by atoms with Crippen molar-refractivity contribution in [3.63, 3.8) is 0 Å². The molecule has 1 amide bonds. The van der Waals surface area contributed by atoms with Gasteiger partial charge in [-0.25, -0.2) is 0 Å². The summed E-state index contributed by atoms with van der Waals surface area (Å²) in [4.78, 5) is 40.3. The molecule has 0 saturated heterocycles. The summed E-state index contributed by atoms with van der Waals surface area (Å²) in [5, 5.41) is 13.7. The standard InChI is InChI=1S/C28H30Cl2F3N3O4/c1-26(25(39)40)11-6-16(7-12-26)36-23(28(31,32)33)17(14-34-36)24(38)35(21-8-13-27(21)9-3-10-27)15-20(37)22-18(29)4-2-5-19(22)30/h2,4-5,14,16,21H,3,6-13,15H2,1H3,(H,39,40)/t16-,21-,26-/m0/s1. The second kappa shape index (κ2) is 10.4. The van der Waals surface area contributed by atoms with Gasteiger partial charge in [-0.2, -0.15) is 18.3 Å². The number of Topliss-reactive ketones (excluding diaryl/α,β-unsaturated/α-hetero) is 1. The van der Waals surface area contributed by atoms with E-state index in [-0.39, 0.29) is 52.7 Å². The van der Waals surface area contributed by atoms with Gasteiger partial charge in [0.2, 0.25) is 0 Å². The Morgan fingerprint density at radius 3 is 2.17 bits per heavy atom. The maximum atomic E-state index is 14.5. The molecule has 3 fully saturated rings. The van der Waals surface area contributed by atoms with Gasteiger partial charge < -0.3 is 10.0 Å². The second-order valence-electron chi connectivity index (χ2n) is 11.7. The lowest BCUT2D eigenvalue weighted by Crippen LogP contribution is -2.61. The highest BCUT2D eigenvalue weighted by Crippen LogP contribution is 2.58. The summed E-state index contributed by atoms with van der Waals surface area (Å²) in [5.41, 5.74) is -2.96. The number of hydrogen-bond acceptors (Lipinski definition) is 4. The average molecular weight is 600 g/mol. The van der Waals surface area contributed by atoms with Crippen molar-refractivity contribution in [2.45, 2.75) is 83.0 Å². The molecular formula is C28H30Cl2F3N3O4. The number of carbonyl (C=O) groups excluding carboxylic acids is 2. The Morgan fingerprint density at radius 1 is 1.07 bits per heavy atom. The van der Waals surface area contributed by atoms with E-state index in [1.165, 1.54) is 17.0 Å². The number of rotatable bonds is 7. The van der Waals surface area contributed by atoms with Gasteiger partial charge >= 0.3 is 12.1 Å². The van der Waals surface area contributed by atoms with Gasteiger partial charge in [-0.15, -0.1) is 0 Å². The van der Waals surface area contributed by atoms with Crippen molar-refractivity contribution in [3.05, 3.63) is 51.3 Å². The van der Waals surface area contributed by atoms with Crippen molar-refractivity contribution < 1.29 is 32.7 Å². The molecule has 5 rings (SSSR count). The van der Waals surface area contributed by atoms with E-state index in [9.17, 15) is 32.7 Å². The summed E-state index contributed by atoms with van der Waals surface area (Å²) in [7, 11) is 0. The van der Waals surface area contributed by atoms with Gasteiger partial charge in [0.15, 0.2) is 11.5 Å². The fourth-order valence-corrected chi connectivity index (χ4v) is 7.24. The van der Waals surface area contributed by atoms with Crippen LogP contribution in [0.2, 0.25) is 10.0 Å². The van der Waals surface area contributed by atoms with Crippen molar-refractivity contribution >= 4 is 40.9 Å². The molecule has 2 aromatic rings. The number of carbonyl (C=O) groups is 3. The quantitative estimate of drug-likeness (QED) is 0.343. The van der Waals surface area contributed by atoms with Crippen molar-refractivity contribution in [2.75, 3.05) is 6.54 Å². The van der Waals surface area contributed by atoms with Gasteiger partial charge in [0.25, 0.3) is 5.91 Å². The molecule has 0 radical (unpaired) electrons. The number of benzene rings is 1. The highest BCUT2D eigenvalue weighted by molar-refractivity contribution is 6.40. The van der Waals surface area contributed by atoms with Crippen LogP contribution in [0.4, 0.5) is 13.2 Å². The van der Waals surface area contributed by atoms with Crippen molar-refractivity contribution in [3.8, 4) is 0 Å². The molecule has 7 nitrogen and oxygen atoms in total. The highest BCUT2D eigenvalue weighted by Gasteiger charge is 2.55. The van der Waals surface area contributed by atoms with Crippen LogP contribution in [-0.4, -0.2) is 50.0 Å². The number of alkyl halides is 3. The van der Waals surface area contributed by atoms with Crippen LogP contribution in [0.5, 0.6) is 0 Å². The summed E-state index contributed by atoms with van der Waals surface area (Å²) in [6, 6.07) is 3.48. The van der Waals surface area contributed by atoms with E-state index in [2.05, 4.69) is 5.10 Å². The van der Waals surface area contributed by atoms with Crippen molar-refractivity contribution in [1.82, 2.24) is 14.7 Å². The Labute approximate surface area is 239 Å². The molecule has 216 valence electrons. The number of hydrogen-bond donors (Lipinski definition) is 1. The Kier molecular flexibility index (Phi) is 7.48. The number of aliphatic carboxylic acids is 1. The van der Waals surface area contributed by atoms with Crippen LogP contribution in [0.15, 0.2) is 24.4 Å². The first-order valence-electron chi connectivity index (χ1n) is 13.4. The van der Waals surface area contributed by atoms with Crippen LogP contribution in [0.25, 0.3) is 0 Å². The van der Waals surface area contributed by atoms with Gasteiger partial charge in [-0.05, 0) is 75.8 Å². The predicted octanol–water partition coefficient (Wildman–Crippen LogP) is 7.07. The Hall–Kier alpha value is -2.59. The fourth-order valence-electron chi connectivity index (χ4n) is 6.63. The van der Waals surface area contributed by atoms with E-state index >= 15 is 0 Å². The zero-order valence-electron chi connectivity index (χ0n) is 21.9. The fraction of sp³-hybridized carbons (Fsp3) is 0.571. The minimum atomic E-state index is -4.90. The highest BCUT2D eigenvalue weighted by atomic mass is 35.5. The molecule has 0 aliphatic heterocycles. The van der Waals surface area contributed by atoms with E-state index in [1.807, 2.05) is 0 Å². The zero-order valence-corrected chi connectivity index (χ0v) is 23.5. The lowest BCUT2D eigenvalue weighted by molar-refractivity contribution is -0.152. The molecule has 1 heterocycles. The maximum Gasteiger partial charge on any atom is 0.433 e. The maximum absolute atomic E-state index is 14.5. The first-order valence-corrected chi connectivity index (χ1v) is 14.2. The SMILES string of the molecule is C[C@]1(C(=O)O)CC[C@H](n2ncc(C(=O)N(CC(=O)c3c(Cl)cccc3Cl)[C@H]3CCC34CCC4)c2C(F)(F)F)CC1. The topological polar surface area (TPSA) is 92.5 Å².